The Labute approximate surface area is 100 Å². The normalized spacial score (nSPS) is 10.7. The second-order valence-corrected chi connectivity index (χ2v) is 4.55. The number of hydrogen-bond acceptors (Lipinski definition) is 1. The van der Waals surface area contributed by atoms with Gasteiger partial charge in [0.1, 0.15) is 0 Å². The number of benzene rings is 1. The van der Waals surface area contributed by atoms with Gasteiger partial charge in [-0.3, -0.25) is 0 Å². The number of aryl methyl sites for hydroxylation is 2. The van der Waals surface area contributed by atoms with Crippen molar-refractivity contribution in [3.63, 3.8) is 0 Å². The van der Waals surface area contributed by atoms with Crippen LogP contribution in [-0.2, 0) is 13.0 Å². The van der Waals surface area contributed by atoms with E-state index < -0.39 is 0 Å². The van der Waals surface area contributed by atoms with Gasteiger partial charge in [0.25, 0.3) is 0 Å². The second-order valence-electron chi connectivity index (χ2n) is 4.55. The molecule has 0 bridgehead atoms. The standard InChI is InChI=1S/C15H25N/c1-4-6-7-14-11-13(3)8-9-15(14)12-16-10-5-2/h8-9,11,16H,4-7,10,12H2,1-3H3. The summed E-state index contributed by atoms with van der Waals surface area (Å²) in [6, 6.07) is 6.85. The monoisotopic (exact) mass is 219 g/mol. The van der Waals surface area contributed by atoms with E-state index in [9.17, 15) is 0 Å². The molecule has 0 aromatic heterocycles. The van der Waals surface area contributed by atoms with Gasteiger partial charge in [-0.25, -0.2) is 0 Å². The molecule has 0 heterocycles. The second kappa shape index (κ2) is 7.45. The number of unbranched alkanes of at least 4 members (excludes halogenated alkanes) is 1. The van der Waals surface area contributed by atoms with Gasteiger partial charge in [0.05, 0.1) is 0 Å². The highest BCUT2D eigenvalue weighted by Crippen LogP contribution is 2.14. The molecule has 0 radical (unpaired) electrons. The van der Waals surface area contributed by atoms with Crippen molar-refractivity contribution in [3.8, 4) is 0 Å². The Morgan fingerprint density at radius 2 is 1.88 bits per heavy atom. The molecule has 0 atom stereocenters. The van der Waals surface area contributed by atoms with E-state index in [4.69, 9.17) is 0 Å². The fraction of sp³-hybridized carbons (Fsp3) is 0.600. The fourth-order valence-electron chi connectivity index (χ4n) is 1.93. The van der Waals surface area contributed by atoms with Crippen LogP contribution in [-0.4, -0.2) is 6.54 Å². The van der Waals surface area contributed by atoms with Gasteiger partial charge in [0, 0.05) is 6.54 Å². The molecular weight excluding hydrogens is 194 g/mol. The number of rotatable bonds is 7. The molecule has 0 saturated heterocycles. The highest BCUT2D eigenvalue weighted by molar-refractivity contribution is 5.31. The van der Waals surface area contributed by atoms with Crippen molar-refractivity contribution >= 4 is 0 Å². The minimum absolute atomic E-state index is 1.02. The van der Waals surface area contributed by atoms with Crippen LogP contribution in [0.1, 0.15) is 49.8 Å². The first-order valence-corrected chi connectivity index (χ1v) is 6.57. The Morgan fingerprint density at radius 3 is 2.56 bits per heavy atom. The first-order chi connectivity index (χ1) is 7.77. The molecule has 0 aliphatic carbocycles. The SMILES string of the molecule is CCCCc1cc(C)ccc1CNCCC. The van der Waals surface area contributed by atoms with Gasteiger partial charge < -0.3 is 5.32 Å². The minimum Gasteiger partial charge on any atom is -0.313 e. The molecule has 90 valence electrons. The van der Waals surface area contributed by atoms with Gasteiger partial charge in [-0.2, -0.15) is 0 Å². The first kappa shape index (κ1) is 13.2. The lowest BCUT2D eigenvalue weighted by atomic mass is 9.99. The Hall–Kier alpha value is -0.820. The van der Waals surface area contributed by atoms with E-state index in [0.29, 0.717) is 0 Å². The Bertz CT molecular complexity index is 304. The van der Waals surface area contributed by atoms with Crippen LogP contribution in [0.2, 0.25) is 0 Å². The third-order valence-corrected chi connectivity index (χ3v) is 2.90. The predicted octanol–water partition coefficient (Wildman–Crippen LogP) is 3.84. The lowest BCUT2D eigenvalue weighted by molar-refractivity contribution is 0.667. The molecule has 16 heavy (non-hydrogen) atoms. The summed E-state index contributed by atoms with van der Waals surface area (Å²) < 4.78 is 0. The molecule has 0 amide bonds. The van der Waals surface area contributed by atoms with Crippen LogP contribution in [0, 0.1) is 6.92 Å². The molecule has 1 nitrogen and oxygen atoms in total. The van der Waals surface area contributed by atoms with Crippen molar-refractivity contribution in [1.82, 2.24) is 5.32 Å². The van der Waals surface area contributed by atoms with Crippen molar-refractivity contribution in [2.45, 2.75) is 53.0 Å². The lowest BCUT2D eigenvalue weighted by Crippen LogP contribution is -2.15. The molecule has 1 aromatic carbocycles. The largest absolute Gasteiger partial charge is 0.313 e. The Balaban J connectivity index is 2.64. The summed E-state index contributed by atoms with van der Waals surface area (Å²) in [5, 5.41) is 3.49. The van der Waals surface area contributed by atoms with E-state index in [2.05, 4.69) is 44.3 Å². The van der Waals surface area contributed by atoms with Crippen molar-refractivity contribution in [3.05, 3.63) is 34.9 Å². The van der Waals surface area contributed by atoms with Crippen LogP contribution in [0.4, 0.5) is 0 Å². The zero-order chi connectivity index (χ0) is 11.8. The summed E-state index contributed by atoms with van der Waals surface area (Å²) in [5.74, 6) is 0. The zero-order valence-electron chi connectivity index (χ0n) is 11.0. The zero-order valence-corrected chi connectivity index (χ0v) is 11.0. The molecule has 0 saturated carbocycles. The molecular formula is C15H25N. The van der Waals surface area contributed by atoms with Gasteiger partial charge in [-0.05, 0) is 43.9 Å². The third-order valence-electron chi connectivity index (χ3n) is 2.90. The number of hydrogen-bond donors (Lipinski definition) is 1. The topological polar surface area (TPSA) is 12.0 Å². The lowest BCUT2D eigenvalue weighted by Gasteiger charge is -2.11. The van der Waals surface area contributed by atoms with Gasteiger partial charge >= 0.3 is 0 Å². The Kier molecular flexibility index (Phi) is 6.17. The molecule has 0 unspecified atom stereocenters. The molecule has 0 aliphatic rings. The van der Waals surface area contributed by atoms with E-state index >= 15 is 0 Å². The molecule has 0 fully saturated rings. The van der Waals surface area contributed by atoms with Gasteiger partial charge in [0.15, 0.2) is 0 Å². The van der Waals surface area contributed by atoms with E-state index in [0.717, 1.165) is 13.1 Å². The summed E-state index contributed by atoms with van der Waals surface area (Å²) in [6.07, 6.45) is 5.00. The maximum atomic E-state index is 3.49. The van der Waals surface area contributed by atoms with Crippen molar-refractivity contribution in [1.29, 1.82) is 0 Å². The van der Waals surface area contributed by atoms with Crippen LogP contribution in [0.25, 0.3) is 0 Å². The molecule has 0 aliphatic heterocycles. The summed E-state index contributed by atoms with van der Waals surface area (Å²) in [7, 11) is 0. The maximum Gasteiger partial charge on any atom is 0.0208 e. The highest BCUT2D eigenvalue weighted by atomic mass is 14.8. The fourth-order valence-corrected chi connectivity index (χ4v) is 1.93. The smallest absolute Gasteiger partial charge is 0.0208 e. The van der Waals surface area contributed by atoms with Gasteiger partial charge in [-0.15, -0.1) is 0 Å². The predicted molar refractivity (Wildman–Crippen MR) is 71.8 cm³/mol. The summed E-state index contributed by atoms with van der Waals surface area (Å²) in [6.45, 7) is 8.78. The molecule has 1 N–H and O–H groups in total. The van der Waals surface area contributed by atoms with Crippen molar-refractivity contribution in [2.24, 2.45) is 0 Å². The van der Waals surface area contributed by atoms with E-state index in [-0.39, 0.29) is 0 Å². The summed E-state index contributed by atoms with van der Waals surface area (Å²) >= 11 is 0. The average molecular weight is 219 g/mol. The van der Waals surface area contributed by atoms with Crippen molar-refractivity contribution in [2.75, 3.05) is 6.54 Å². The Morgan fingerprint density at radius 1 is 1.06 bits per heavy atom. The molecule has 1 aromatic rings. The summed E-state index contributed by atoms with van der Waals surface area (Å²) in [4.78, 5) is 0. The third kappa shape index (κ3) is 4.36. The average Bonchev–Trinajstić information content (AvgIpc) is 2.29. The summed E-state index contributed by atoms with van der Waals surface area (Å²) in [5.41, 5.74) is 4.39. The van der Waals surface area contributed by atoms with Gasteiger partial charge in [-0.1, -0.05) is 44.0 Å². The van der Waals surface area contributed by atoms with Crippen LogP contribution >= 0.6 is 0 Å². The van der Waals surface area contributed by atoms with Gasteiger partial charge in [0.2, 0.25) is 0 Å². The van der Waals surface area contributed by atoms with Crippen LogP contribution in [0.3, 0.4) is 0 Å². The quantitative estimate of drug-likeness (QED) is 0.687. The molecule has 1 heteroatoms. The highest BCUT2D eigenvalue weighted by Gasteiger charge is 2.02. The number of nitrogens with one attached hydrogen (secondary N) is 1. The molecule has 1 rings (SSSR count). The van der Waals surface area contributed by atoms with Crippen molar-refractivity contribution < 1.29 is 0 Å². The minimum atomic E-state index is 1.02. The maximum absolute atomic E-state index is 3.49. The van der Waals surface area contributed by atoms with Crippen LogP contribution in [0.5, 0.6) is 0 Å². The van der Waals surface area contributed by atoms with Crippen LogP contribution in [0.15, 0.2) is 18.2 Å². The molecule has 0 spiro atoms. The van der Waals surface area contributed by atoms with E-state index in [1.807, 2.05) is 0 Å². The van der Waals surface area contributed by atoms with Crippen LogP contribution < -0.4 is 5.32 Å². The van der Waals surface area contributed by atoms with E-state index in [1.165, 1.54) is 42.4 Å². The first-order valence-electron chi connectivity index (χ1n) is 6.57. The van der Waals surface area contributed by atoms with E-state index in [1.54, 1.807) is 0 Å².